The van der Waals surface area contributed by atoms with Gasteiger partial charge in [0, 0.05) is 34.4 Å². The summed E-state index contributed by atoms with van der Waals surface area (Å²) in [5, 5.41) is 3.37. The van der Waals surface area contributed by atoms with Gasteiger partial charge >= 0.3 is 0 Å². The average molecular weight is 400 g/mol. The van der Waals surface area contributed by atoms with Crippen molar-refractivity contribution < 1.29 is 0 Å². The molecule has 4 nitrogen and oxygen atoms in total. The van der Waals surface area contributed by atoms with Gasteiger partial charge in [0.1, 0.15) is 0 Å². The third-order valence-electron chi connectivity index (χ3n) is 5.39. The highest BCUT2D eigenvalue weighted by Gasteiger charge is 2.06. The van der Waals surface area contributed by atoms with Crippen molar-refractivity contribution in [3.8, 4) is 11.3 Å². The highest BCUT2D eigenvalue weighted by molar-refractivity contribution is 6.03. The molecule has 31 heavy (non-hydrogen) atoms. The van der Waals surface area contributed by atoms with Gasteiger partial charge in [-0.3, -0.25) is 15.0 Å². The average Bonchev–Trinajstić information content (AvgIpc) is 2.83. The number of nitrogens with zero attached hydrogens (tertiary/aromatic N) is 4. The summed E-state index contributed by atoms with van der Waals surface area (Å²) < 4.78 is 0. The van der Waals surface area contributed by atoms with Crippen LogP contribution >= 0.6 is 0 Å². The van der Waals surface area contributed by atoms with E-state index in [1.54, 1.807) is 0 Å². The molecule has 0 unspecified atom stereocenters. The molecule has 0 aliphatic carbocycles. The lowest BCUT2D eigenvalue weighted by Gasteiger charge is -2.08. The molecule has 0 aliphatic rings. The number of para-hydroxylation sites is 2. The number of hydrogen-bond acceptors (Lipinski definition) is 4. The highest BCUT2D eigenvalue weighted by Crippen LogP contribution is 2.28. The Kier molecular flexibility index (Phi) is 4.81. The van der Waals surface area contributed by atoms with Crippen molar-refractivity contribution in [2.75, 3.05) is 0 Å². The van der Waals surface area contributed by atoms with Crippen LogP contribution in [0.3, 0.4) is 0 Å². The third-order valence-corrected chi connectivity index (χ3v) is 5.39. The number of fused-ring (bicyclic) bond motifs is 2. The number of benzene rings is 3. The minimum absolute atomic E-state index is 0.772. The first kappa shape index (κ1) is 18.8. The maximum atomic E-state index is 4.93. The molecule has 4 heteroatoms. The van der Waals surface area contributed by atoms with Gasteiger partial charge in [0.15, 0.2) is 0 Å². The summed E-state index contributed by atoms with van der Waals surface area (Å²) in [6, 6.07) is 26.5. The SMILES string of the molecule is C=Nc1ccccc1/N=C(\C)c1ccc2ccc(-c3ccc4ccncc4c3)nc2c1. The predicted octanol–water partition coefficient (Wildman–Crippen LogP) is 6.92. The lowest BCUT2D eigenvalue weighted by Crippen LogP contribution is -1.95. The molecule has 3 aromatic carbocycles. The lowest BCUT2D eigenvalue weighted by molar-refractivity contribution is 1.36. The van der Waals surface area contributed by atoms with Gasteiger partial charge in [0.2, 0.25) is 0 Å². The number of hydrogen-bond donors (Lipinski definition) is 0. The summed E-state index contributed by atoms with van der Waals surface area (Å²) >= 11 is 0. The highest BCUT2D eigenvalue weighted by atomic mass is 14.8. The second-order valence-corrected chi connectivity index (χ2v) is 7.39. The van der Waals surface area contributed by atoms with Crippen molar-refractivity contribution in [2.24, 2.45) is 9.98 Å². The molecule has 0 atom stereocenters. The van der Waals surface area contributed by atoms with Crippen molar-refractivity contribution >= 4 is 45.5 Å². The molecule has 0 amide bonds. The molecular formula is C27H20N4. The zero-order valence-electron chi connectivity index (χ0n) is 17.2. The molecule has 148 valence electrons. The zero-order valence-corrected chi connectivity index (χ0v) is 17.2. The predicted molar refractivity (Wildman–Crippen MR) is 130 cm³/mol. The molecule has 2 heterocycles. The van der Waals surface area contributed by atoms with Crippen molar-refractivity contribution in [1.29, 1.82) is 0 Å². The third kappa shape index (κ3) is 3.71. The standard InChI is InChI=1S/C27H20N4/c1-18(30-26-6-4-3-5-25(26)28-2)21-9-8-20-11-12-24(31-27(20)16-21)22-10-7-19-13-14-29-17-23(19)15-22/h3-17H,2H2,1H3/b30-18+. The van der Waals surface area contributed by atoms with E-state index < -0.39 is 0 Å². The maximum absolute atomic E-state index is 4.93. The van der Waals surface area contributed by atoms with Gasteiger partial charge in [-0.25, -0.2) is 4.98 Å². The van der Waals surface area contributed by atoms with Gasteiger partial charge in [-0.15, -0.1) is 0 Å². The van der Waals surface area contributed by atoms with Gasteiger partial charge in [0.05, 0.1) is 22.6 Å². The first-order chi connectivity index (χ1) is 15.2. The van der Waals surface area contributed by atoms with Crippen LogP contribution < -0.4 is 0 Å². The fourth-order valence-corrected chi connectivity index (χ4v) is 3.68. The largest absolute Gasteiger partial charge is 0.264 e. The maximum Gasteiger partial charge on any atom is 0.0889 e. The first-order valence-corrected chi connectivity index (χ1v) is 10.1. The summed E-state index contributed by atoms with van der Waals surface area (Å²) in [7, 11) is 0. The Hall–Kier alpha value is -4.18. The minimum atomic E-state index is 0.772. The lowest BCUT2D eigenvalue weighted by atomic mass is 10.0. The zero-order chi connectivity index (χ0) is 21.2. The number of pyridine rings is 2. The molecule has 5 aromatic rings. The van der Waals surface area contributed by atoms with Crippen LogP contribution in [-0.2, 0) is 0 Å². The van der Waals surface area contributed by atoms with Gasteiger partial charge in [-0.1, -0.05) is 42.5 Å². The Labute approximate surface area is 180 Å². The fourth-order valence-electron chi connectivity index (χ4n) is 3.68. The summed E-state index contributed by atoms with van der Waals surface area (Å²) in [4.78, 5) is 18.0. The number of rotatable bonds is 4. The van der Waals surface area contributed by atoms with E-state index in [-0.39, 0.29) is 0 Å². The van der Waals surface area contributed by atoms with Crippen molar-refractivity contribution in [3.63, 3.8) is 0 Å². The Morgan fingerprint density at radius 2 is 1.61 bits per heavy atom. The van der Waals surface area contributed by atoms with Gasteiger partial charge in [0.25, 0.3) is 0 Å². The van der Waals surface area contributed by atoms with Gasteiger partial charge in [-0.2, -0.15) is 0 Å². The molecule has 2 aromatic heterocycles. The smallest absolute Gasteiger partial charge is 0.0889 e. The van der Waals surface area contributed by atoms with E-state index >= 15 is 0 Å². The van der Waals surface area contributed by atoms with E-state index in [0.717, 1.165) is 50.2 Å². The van der Waals surface area contributed by atoms with Crippen LogP contribution in [0.4, 0.5) is 11.4 Å². The second-order valence-electron chi connectivity index (χ2n) is 7.39. The van der Waals surface area contributed by atoms with Crippen molar-refractivity contribution in [2.45, 2.75) is 6.92 Å². The Balaban J connectivity index is 1.56. The van der Waals surface area contributed by atoms with Gasteiger partial charge in [-0.05, 0) is 61.0 Å². The molecule has 0 radical (unpaired) electrons. The van der Waals surface area contributed by atoms with Crippen LogP contribution in [0.5, 0.6) is 0 Å². The summed E-state index contributed by atoms with van der Waals surface area (Å²) in [6.07, 6.45) is 3.69. The Morgan fingerprint density at radius 3 is 2.48 bits per heavy atom. The van der Waals surface area contributed by atoms with Crippen LogP contribution in [0.15, 0.2) is 101 Å². The van der Waals surface area contributed by atoms with E-state index in [9.17, 15) is 0 Å². The normalized spacial score (nSPS) is 11.7. The van der Waals surface area contributed by atoms with Gasteiger partial charge < -0.3 is 0 Å². The quantitative estimate of drug-likeness (QED) is 0.307. The molecule has 0 saturated heterocycles. The monoisotopic (exact) mass is 400 g/mol. The molecular weight excluding hydrogens is 380 g/mol. The molecule has 0 fully saturated rings. The minimum Gasteiger partial charge on any atom is -0.264 e. The van der Waals surface area contributed by atoms with Crippen molar-refractivity contribution in [3.05, 3.63) is 96.8 Å². The molecule has 0 bridgehead atoms. The Bertz CT molecular complexity index is 1470. The van der Waals surface area contributed by atoms with E-state index in [4.69, 9.17) is 9.98 Å². The topological polar surface area (TPSA) is 50.5 Å². The molecule has 5 rings (SSSR count). The van der Waals surface area contributed by atoms with Crippen LogP contribution in [0.2, 0.25) is 0 Å². The summed E-state index contributed by atoms with van der Waals surface area (Å²) in [5.74, 6) is 0. The molecule has 0 spiro atoms. The number of aromatic nitrogens is 2. The summed E-state index contributed by atoms with van der Waals surface area (Å²) in [6.45, 7) is 5.64. The van der Waals surface area contributed by atoms with Crippen LogP contribution in [0.25, 0.3) is 32.9 Å². The van der Waals surface area contributed by atoms with E-state index in [1.807, 2.05) is 49.6 Å². The molecule has 0 N–H and O–H groups in total. The van der Waals surface area contributed by atoms with Crippen LogP contribution in [0, 0.1) is 0 Å². The van der Waals surface area contributed by atoms with E-state index in [1.165, 1.54) is 5.39 Å². The van der Waals surface area contributed by atoms with E-state index in [0.29, 0.717) is 0 Å². The van der Waals surface area contributed by atoms with Crippen LogP contribution in [0.1, 0.15) is 12.5 Å². The first-order valence-electron chi connectivity index (χ1n) is 10.1. The van der Waals surface area contributed by atoms with Crippen LogP contribution in [-0.4, -0.2) is 22.4 Å². The number of aliphatic imine (C=N–C) groups is 2. The Morgan fingerprint density at radius 1 is 0.806 bits per heavy atom. The van der Waals surface area contributed by atoms with E-state index in [2.05, 4.69) is 65.2 Å². The molecule has 0 saturated carbocycles. The fraction of sp³-hybridized carbons (Fsp3) is 0.0370. The summed E-state index contributed by atoms with van der Waals surface area (Å²) in [5.41, 5.74) is 6.46. The second kappa shape index (κ2) is 7.92. The molecule has 0 aliphatic heterocycles. The van der Waals surface area contributed by atoms with Crippen molar-refractivity contribution in [1.82, 2.24) is 9.97 Å².